The maximum atomic E-state index is 12.6. The lowest BCUT2D eigenvalue weighted by molar-refractivity contribution is -0.160. The fraction of sp³-hybridized carbons (Fsp3) is 0.344. The predicted molar refractivity (Wildman–Crippen MR) is 171 cm³/mol. The van der Waals surface area contributed by atoms with Gasteiger partial charge >= 0.3 is 5.97 Å². The number of fused-ring (bicyclic) bond motifs is 2. The fourth-order valence-electron chi connectivity index (χ4n) is 5.56. The molecule has 6 rings (SSSR count). The van der Waals surface area contributed by atoms with E-state index in [-0.39, 0.29) is 0 Å². The van der Waals surface area contributed by atoms with Crippen LogP contribution < -0.4 is 4.90 Å². The lowest BCUT2D eigenvalue weighted by Crippen LogP contribution is -2.44. The van der Waals surface area contributed by atoms with Crippen molar-refractivity contribution < 1.29 is 14.6 Å². The van der Waals surface area contributed by atoms with Crippen LogP contribution in [-0.4, -0.2) is 70.0 Å². The van der Waals surface area contributed by atoms with Crippen LogP contribution in [0.2, 0.25) is 5.02 Å². The van der Waals surface area contributed by atoms with Crippen LogP contribution in [0.1, 0.15) is 38.0 Å². The molecule has 3 aromatic carbocycles. The standard InChI is InChI=1S/C32H34ClN5O3S/c1-18-16-24-28(26(19-6-9-21(33)10-7-19)25(18)27(31(39)40)41-32(2,3)4)42-30(34-24)20-8-11-22-23(17-20)35-36-29(22)38-14-12-37(5)13-15-38/h6-11,16-17,27H,12-15H2,1-5H3,(H,35,36)(H,39,40). The normalized spacial score (nSPS) is 15.5. The van der Waals surface area contributed by atoms with Gasteiger partial charge in [-0.05, 0) is 76.2 Å². The van der Waals surface area contributed by atoms with Crippen LogP contribution in [0.25, 0.3) is 42.8 Å². The number of likely N-dealkylation sites (N-methyl/N-ethyl adjacent to an activating group) is 1. The van der Waals surface area contributed by atoms with Crippen molar-refractivity contribution in [1.82, 2.24) is 20.1 Å². The van der Waals surface area contributed by atoms with Gasteiger partial charge in [0.2, 0.25) is 0 Å². The summed E-state index contributed by atoms with van der Waals surface area (Å²) in [4.78, 5) is 22.3. The van der Waals surface area contributed by atoms with Crippen molar-refractivity contribution in [2.45, 2.75) is 39.4 Å². The number of anilines is 1. The Labute approximate surface area is 253 Å². The summed E-state index contributed by atoms with van der Waals surface area (Å²) in [7, 11) is 2.15. The van der Waals surface area contributed by atoms with Crippen LogP contribution in [0, 0.1) is 6.92 Å². The molecule has 0 radical (unpaired) electrons. The topological polar surface area (TPSA) is 94.6 Å². The number of aromatic nitrogens is 3. The molecule has 2 N–H and O–H groups in total. The van der Waals surface area contributed by atoms with Gasteiger partial charge in [0.05, 0.1) is 21.3 Å². The molecule has 0 aliphatic carbocycles. The summed E-state index contributed by atoms with van der Waals surface area (Å²) in [6.45, 7) is 11.4. The smallest absolute Gasteiger partial charge is 0.337 e. The minimum absolute atomic E-state index is 0.610. The van der Waals surface area contributed by atoms with Gasteiger partial charge in [-0.15, -0.1) is 11.3 Å². The number of thiazole rings is 1. The average Bonchev–Trinajstić information content (AvgIpc) is 3.55. The number of hydrogen-bond acceptors (Lipinski definition) is 7. The zero-order chi connectivity index (χ0) is 29.8. The minimum Gasteiger partial charge on any atom is -0.479 e. The highest BCUT2D eigenvalue weighted by Crippen LogP contribution is 2.44. The number of nitrogens with zero attached hydrogens (tertiary/aromatic N) is 4. The summed E-state index contributed by atoms with van der Waals surface area (Å²) in [6.07, 6.45) is -1.15. The Morgan fingerprint density at radius 2 is 1.76 bits per heavy atom. The molecule has 1 fully saturated rings. The van der Waals surface area contributed by atoms with Crippen LogP contribution in [0.3, 0.4) is 0 Å². The van der Waals surface area contributed by atoms with E-state index in [2.05, 4.69) is 45.2 Å². The van der Waals surface area contributed by atoms with Gasteiger partial charge in [-0.1, -0.05) is 29.8 Å². The Morgan fingerprint density at radius 3 is 2.43 bits per heavy atom. The highest BCUT2D eigenvalue weighted by molar-refractivity contribution is 7.22. The number of H-pyrrole nitrogens is 1. The number of carboxylic acids is 1. The van der Waals surface area contributed by atoms with Crippen molar-refractivity contribution in [2.75, 3.05) is 38.1 Å². The van der Waals surface area contributed by atoms with Crippen LogP contribution in [0.15, 0.2) is 48.5 Å². The number of halogens is 1. The minimum atomic E-state index is -1.15. The number of benzene rings is 3. The van der Waals surface area contributed by atoms with E-state index in [9.17, 15) is 9.90 Å². The second-order valence-electron chi connectivity index (χ2n) is 11.9. The third-order valence-corrected chi connectivity index (χ3v) is 9.00. The van der Waals surface area contributed by atoms with E-state index in [1.165, 1.54) is 0 Å². The number of aliphatic carboxylic acids is 1. The summed E-state index contributed by atoms with van der Waals surface area (Å²) in [5, 5.41) is 20.8. The molecule has 0 bridgehead atoms. The molecular weight excluding hydrogens is 570 g/mol. The number of aryl methyl sites for hydroxylation is 1. The van der Waals surface area contributed by atoms with Crippen molar-refractivity contribution in [3.63, 3.8) is 0 Å². The monoisotopic (exact) mass is 603 g/mol. The van der Waals surface area contributed by atoms with Gasteiger partial charge in [0.25, 0.3) is 0 Å². The molecule has 218 valence electrons. The highest BCUT2D eigenvalue weighted by atomic mass is 35.5. The SMILES string of the molecule is Cc1cc2nc(-c3ccc4c(N5CCN(C)CC5)n[nH]c4c3)sc2c(-c2ccc(Cl)cc2)c1C(OC(C)(C)C)C(=O)O. The molecule has 0 saturated carbocycles. The van der Waals surface area contributed by atoms with Gasteiger partial charge in [-0.25, -0.2) is 9.78 Å². The number of carbonyl (C=O) groups is 1. The highest BCUT2D eigenvalue weighted by Gasteiger charge is 2.32. The first kappa shape index (κ1) is 28.6. The van der Waals surface area contributed by atoms with E-state index in [1.807, 2.05) is 58.0 Å². The summed E-state index contributed by atoms with van der Waals surface area (Å²) in [5.41, 5.74) is 5.18. The Balaban J connectivity index is 1.48. The largest absolute Gasteiger partial charge is 0.479 e. The second kappa shape index (κ2) is 11.0. The molecule has 1 aliphatic heterocycles. The van der Waals surface area contributed by atoms with Crippen molar-refractivity contribution in [1.29, 1.82) is 0 Å². The van der Waals surface area contributed by atoms with Crippen molar-refractivity contribution in [2.24, 2.45) is 0 Å². The molecule has 42 heavy (non-hydrogen) atoms. The first-order chi connectivity index (χ1) is 20.0. The third-order valence-electron chi connectivity index (χ3n) is 7.61. The van der Waals surface area contributed by atoms with Crippen LogP contribution in [0.4, 0.5) is 5.82 Å². The molecule has 3 heterocycles. The van der Waals surface area contributed by atoms with Gasteiger partial charge in [-0.3, -0.25) is 5.10 Å². The van der Waals surface area contributed by atoms with E-state index >= 15 is 0 Å². The molecule has 0 spiro atoms. The zero-order valence-electron chi connectivity index (χ0n) is 24.4. The van der Waals surface area contributed by atoms with Gasteiger partial charge in [0, 0.05) is 53.3 Å². The maximum Gasteiger partial charge on any atom is 0.337 e. The van der Waals surface area contributed by atoms with E-state index in [1.54, 1.807) is 11.3 Å². The lowest BCUT2D eigenvalue weighted by Gasteiger charge is -2.32. The predicted octanol–water partition coefficient (Wildman–Crippen LogP) is 7.16. The molecule has 0 amide bonds. The molecule has 1 aliphatic rings. The van der Waals surface area contributed by atoms with Crippen molar-refractivity contribution in [3.8, 4) is 21.7 Å². The van der Waals surface area contributed by atoms with Gasteiger partial charge in [0.15, 0.2) is 11.9 Å². The molecule has 5 aromatic rings. The number of nitrogens with one attached hydrogen (secondary N) is 1. The molecule has 2 aromatic heterocycles. The maximum absolute atomic E-state index is 12.6. The molecule has 10 heteroatoms. The van der Waals surface area contributed by atoms with Gasteiger partial charge < -0.3 is 19.6 Å². The van der Waals surface area contributed by atoms with E-state index < -0.39 is 17.7 Å². The number of piperazine rings is 1. The molecule has 1 atom stereocenters. The Hall–Kier alpha value is -3.50. The average molecular weight is 604 g/mol. The van der Waals surface area contributed by atoms with Gasteiger partial charge in [-0.2, -0.15) is 5.10 Å². The Bertz CT molecular complexity index is 1780. The number of carboxylic acid groups (broad SMARTS) is 1. The molecule has 1 saturated heterocycles. The Morgan fingerprint density at radius 1 is 1.07 bits per heavy atom. The summed E-state index contributed by atoms with van der Waals surface area (Å²) >= 11 is 7.78. The van der Waals surface area contributed by atoms with Crippen molar-refractivity contribution >= 4 is 55.8 Å². The van der Waals surface area contributed by atoms with E-state index in [4.69, 9.17) is 21.3 Å². The Kier molecular flexibility index (Phi) is 7.47. The van der Waals surface area contributed by atoms with Crippen LogP contribution in [-0.2, 0) is 9.53 Å². The number of aromatic amines is 1. The van der Waals surface area contributed by atoms with Crippen LogP contribution in [0.5, 0.6) is 0 Å². The molecule has 1 unspecified atom stereocenters. The lowest BCUT2D eigenvalue weighted by atomic mass is 9.91. The second-order valence-corrected chi connectivity index (χ2v) is 13.3. The van der Waals surface area contributed by atoms with Crippen molar-refractivity contribution in [3.05, 3.63) is 64.7 Å². The number of hydrogen-bond donors (Lipinski definition) is 2. The van der Waals surface area contributed by atoms with E-state index in [0.717, 1.165) is 80.4 Å². The summed E-state index contributed by atoms with van der Waals surface area (Å²) in [6, 6.07) is 15.8. The quantitative estimate of drug-likeness (QED) is 0.213. The molecule has 8 nitrogen and oxygen atoms in total. The third kappa shape index (κ3) is 5.49. The first-order valence-electron chi connectivity index (χ1n) is 14.0. The zero-order valence-corrected chi connectivity index (χ0v) is 25.9. The summed E-state index contributed by atoms with van der Waals surface area (Å²) in [5.74, 6) is -0.0500. The fourth-order valence-corrected chi connectivity index (χ4v) is 6.81. The van der Waals surface area contributed by atoms with Gasteiger partial charge in [0.1, 0.15) is 5.01 Å². The first-order valence-corrected chi connectivity index (χ1v) is 15.2. The van der Waals surface area contributed by atoms with E-state index in [0.29, 0.717) is 10.6 Å². The summed E-state index contributed by atoms with van der Waals surface area (Å²) < 4.78 is 7.04. The number of ether oxygens (including phenoxy) is 1. The number of rotatable bonds is 6. The van der Waals surface area contributed by atoms with Crippen LogP contribution >= 0.6 is 22.9 Å². The molecular formula is C32H34ClN5O3S.